The number of carbonyl (C=O) groups is 2. The Balaban J connectivity index is 2.53. The number of halogens is 1. The molecule has 0 spiro atoms. The summed E-state index contributed by atoms with van der Waals surface area (Å²) in [6, 6.07) is 3.28. The van der Waals surface area contributed by atoms with Gasteiger partial charge < -0.3 is 15.4 Å². The maximum absolute atomic E-state index is 12.3. The van der Waals surface area contributed by atoms with Crippen molar-refractivity contribution in [2.45, 2.75) is 39.8 Å². The molecule has 2 N–H and O–H groups in total. The lowest BCUT2D eigenvalue weighted by Crippen LogP contribution is -2.51. The van der Waals surface area contributed by atoms with Crippen molar-refractivity contribution in [3.05, 3.63) is 16.6 Å². The molecule has 1 unspecified atom stereocenters. The molecule has 0 radical (unpaired) electrons. The summed E-state index contributed by atoms with van der Waals surface area (Å²) >= 11 is 3.37. The van der Waals surface area contributed by atoms with Gasteiger partial charge in [0.1, 0.15) is 0 Å². The fourth-order valence-corrected chi connectivity index (χ4v) is 2.91. The number of nitrogen functional groups attached to an aromatic ring is 1. The van der Waals surface area contributed by atoms with Gasteiger partial charge in [-0.15, -0.1) is 0 Å². The van der Waals surface area contributed by atoms with Crippen molar-refractivity contribution in [3.63, 3.8) is 0 Å². The summed E-state index contributed by atoms with van der Waals surface area (Å²) in [7, 11) is 0. The fraction of sp³-hybridized carbons (Fsp3) is 0.467. The average Bonchev–Trinajstić information content (AvgIpc) is 2.38. The highest BCUT2D eigenvalue weighted by Crippen LogP contribution is 2.40. The summed E-state index contributed by atoms with van der Waals surface area (Å²) < 4.78 is 5.97. The Morgan fingerprint density at radius 3 is 2.55 bits per heavy atom. The molecule has 1 atom stereocenters. The predicted molar refractivity (Wildman–Crippen MR) is 90.1 cm³/mol. The highest BCUT2D eigenvalue weighted by Gasteiger charge is 2.35. The van der Waals surface area contributed by atoms with Crippen molar-refractivity contribution in [1.82, 2.24) is 0 Å². The summed E-state index contributed by atoms with van der Waals surface area (Å²) in [5, 5.41) is 0. The lowest BCUT2D eigenvalue weighted by atomic mass is 10.1. The molecule has 22 heavy (non-hydrogen) atoms. The van der Waals surface area contributed by atoms with Crippen LogP contribution < -0.4 is 15.5 Å². The summed E-state index contributed by atoms with van der Waals surface area (Å²) in [4.78, 5) is 27.5. The number of benzene rings is 1. The van der Waals surface area contributed by atoms with Crippen molar-refractivity contribution >= 4 is 45.0 Å². The molecule has 0 saturated carbocycles. The normalized spacial score (nSPS) is 17.5. The van der Waals surface area contributed by atoms with E-state index in [2.05, 4.69) is 15.9 Å². The minimum Gasteiger partial charge on any atom is -0.446 e. The van der Waals surface area contributed by atoms with Crippen LogP contribution in [0.2, 0.25) is 0 Å². The van der Waals surface area contributed by atoms with E-state index in [-0.39, 0.29) is 18.1 Å². The molecule has 2 amide bonds. The number of fused-ring (bicyclic) bond motifs is 1. The number of hydrogen-bond donors (Lipinski definition) is 1. The molecule has 0 fully saturated rings. The fourth-order valence-electron chi connectivity index (χ4n) is 2.58. The second kappa shape index (κ2) is 6.16. The van der Waals surface area contributed by atoms with Crippen LogP contribution in [0.1, 0.15) is 27.7 Å². The van der Waals surface area contributed by atoms with Gasteiger partial charge in [0, 0.05) is 23.6 Å². The molecule has 6 nitrogen and oxygen atoms in total. The molecule has 7 heteroatoms. The zero-order valence-corrected chi connectivity index (χ0v) is 14.7. The van der Waals surface area contributed by atoms with E-state index in [1.165, 1.54) is 6.92 Å². The van der Waals surface area contributed by atoms with Crippen LogP contribution in [0.3, 0.4) is 0 Å². The van der Waals surface area contributed by atoms with Crippen LogP contribution in [0.25, 0.3) is 0 Å². The Bertz CT molecular complexity index is 618. The van der Waals surface area contributed by atoms with Gasteiger partial charge in [0.25, 0.3) is 0 Å². The first kappa shape index (κ1) is 16.6. The number of nitrogens with zero attached hydrogens (tertiary/aromatic N) is 2. The number of ether oxygens (including phenoxy) is 1. The van der Waals surface area contributed by atoms with E-state index >= 15 is 0 Å². The van der Waals surface area contributed by atoms with Gasteiger partial charge in [-0.25, -0.2) is 4.79 Å². The Morgan fingerprint density at radius 2 is 2.00 bits per heavy atom. The van der Waals surface area contributed by atoms with Crippen molar-refractivity contribution in [1.29, 1.82) is 0 Å². The van der Waals surface area contributed by atoms with Gasteiger partial charge in [-0.05, 0) is 48.8 Å². The number of anilines is 3. The van der Waals surface area contributed by atoms with E-state index < -0.39 is 6.09 Å². The second-order valence-corrected chi connectivity index (χ2v) is 6.50. The Kier molecular flexibility index (Phi) is 4.65. The molecule has 0 bridgehead atoms. The summed E-state index contributed by atoms with van der Waals surface area (Å²) in [6.07, 6.45) is -0.641. The van der Waals surface area contributed by atoms with Crippen LogP contribution in [-0.4, -0.2) is 30.7 Å². The Hall–Kier alpha value is -1.76. The maximum Gasteiger partial charge on any atom is 0.414 e. The van der Waals surface area contributed by atoms with E-state index in [0.29, 0.717) is 28.1 Å². The van der Waals surface area contributed by atoms with Crippen LogP contribution in [0.15, 0.2) is 16.6 Å². The summed E-state index contributed by atoms with van der Waals surface area (Å²) in [5.74, 6) is -0.0904. The third-order valence-electron chi connectivity index (χ3n) is 3.43. The zero-order chi connectivity index (χ0) is 16.6. The predicted octanol–water partition coefficient (Wildman–Crippen LogP) is 3.14. The summed E-state index contributed by atoms with van der Waals surface area (Å²) in [6.45, 7) is 7.35. The van der Waals surface area contributed by atoms with Crippen LogP contribution in [-0.2, 0) is 9.53 Å². The molecule has 2 rings (SSSR count). The van der Waals surface area contributed by atoms with Gasteiger partial charge in [0.15, 0.2) is 0 Å². The Labute approximate surface area is 138 Å². The summed E-state index contributed by atoms with van der Waals surface area (Å²) in [5.41, 5.74) is 7.67. The van der Waals surface area contributed by atoms with Gasteiger partial charge in [-0.1, -0.05) is 0 Å². The van der Waals surface area contributed by atoms with Crippen molar-refractivity contribution in [2.24, 2.45) is 0 Å². The largest absolute Gasteiger partial charge is 0.446 e. The molecular weight excluding hydrogens is 350 g/mol. The van der Waals surface area contributed by atoms with Gasteiger partial charge in [0.05, 0.1) is 23.5 Å². The second-order valence-electron chi connectivity index (χ2n) is 5.64. The third-order valence-corrected chi connectivity index (χ3v) is 4.11. The molecule has 0 aliphatic carbocycles. The van der Waals surface area contributed by atoms with Gasteiger partial charge >= 0.3 is 6.09 Å². The van der Waals surface area contributed by atoms with Crippen LogP contribution in [0.4, 0.5) is 21.9 Å². The van der Waals surface area contributed by atoms with E-state index in [1.807, 2.05) is 6.92 Å². The van der Waals surface area contributed by atoms with E-state index in [0.717, 1.165) is 0 Å². The lowest BCUT2D eigenvalue weighted by molar-refractivity contribution is -0.117. The molecule has 1 aromatic rings. The number of rotatable bonds is 1. The van der Waals surface area contributed by atoms with Gasteiger partial charge in [-0.2, -0.15) is 0 Å². The third kappa shape index (κ3) is 3.04. The monoisotopic (exact) mass is 369 g/mol. The molecule has 0 saturated heterocycles. The number of carbonyl (C=O) groups excluding carboxylic acids is 2. The Morgan fingerprint density at radius 1 is 1.36 bits per heavy atom. The quantitative estimate of drug-likeness (QED) is 0.771. The molecule has 1 aliphatic heterocycles. The van der Waals surface area contributed by atoms with Crippen molar-refractivity contribution < 1.29 is 14.3 Å². The molecule has 0 aromatic heterocycles. The zero-order valence-electron chi connectivity index (χ0n) is 13.1. The van der Waals surface area contributed by atoms with Crippen molar-refractivity contribution in [2.75, 3.05) is 22.1 Å². The van der Waals surface area contributed by atoms with E-state index in [9.17, 15) is 9.59 Å². The lowest BCUT2D eigenvalue weighted by Gasteiger charge is -2.40. The first-order chi connectivity index (χ1) is 10.2. The van der Waals surface area contributed by atoms with Crippen molar-refractivity contribution in [3.8, 4) is 0 Å². The topological polar surface area (TPSA) is 75.9 Å². The van der Waals surface area contributed by atoms with Crippen LogP contribution >= 0.6 is 15.9 Å². The molecule has 1 aliphatic rings. The maximum atomic E-state index is 12.3. The highest BCUT2D eigenvalue weighted by atomic mass is 79.9. The first-order valence-electron chi connectivity index (χ1n) is 7.09. The smallest absolute Gasteiger partial charge is 0.414 e. The minimum absolute atomic E-state index is 0.0904. The minimum atomic E-state index is -0.428. The number of amides is 2. The van der Waals surface area contributed by atoms with E-state index in [4.69, 9.17) is 10.5 Å². The molecule has 1 aromatic carbocycles. The van der Waals surface area contributed by atoms with Crippen LogP contribution in [0.5, 0.6) is 0 Å². The number of nitrogens with two attached hydrogens (primary N) is 1. The number of hydrogen-bond acceptors (Lipinski definition) is 4. The van der Waals surface area contributed by atoms with Gasteiger partial charge in [0.2, 0.25) is 5.91 Å². The van der Waals surface area contributed by atoms with Gasteiger partial charge in [-0.3, -0.25) is 9.69 Å². The molecule has 1 heterocycles. The molecular formula is C15H20BrN3O3. The highest BCUT2D eigenvalue weighted by molar-refractivity contribution is 9.10. The standard InChI is InChI=1S/C15H20BrN3O3/c1-8(2)22-15(21)18-7-9(3)19(10(4)20)14-6-12(17)11(16)5-13(14)18/h5-6,8-9H,7,17H2,1-4H3. The molecule has 120 valence electrons. The van der Waals surface area contributed by atoms with E-state index in [1.54, 1.807) is 35.8 Å². The average molecular weight is 370 g/mol. The SMILES string of the molecule is CC(=O)N1c2cc(N)c(Br)cc2N(C(=O)OC(C)C)CC1C. The van der Waals surface area contributed by atoms with Crippen LogP contribution in [0, 0.1) is 0 Å². The first-order valence-corrected chi connectivity index (χ1v) is 7.88.